The molecule has 1 heterocycles. The van der Waals surface area contributed by atoms with Gasteiger partial charge in [-0.05, 0) is 49.4 Å². The van der Waals surface area contributed by atoms with E-state index in [-0.39, 0.29) is 11.8 Å². The fourth-order valence-corrected chi connectivity index (χ4v) is 3.43. The minimum Gasteiger partial charge on any atom is -0.493 e. The van der Waals surface area contributed by atoms with Crippen molar-refractivity contribution in [2.75, 3.05) is 45.7 Å². The van der Waals surface area contributed by atoms with Gasteiger partial charge in [-0.2, -0.15) is 0 Å². The number of anilines is 1. The summed E-state index contributed by atoms with van der Waals surface area (Å²) in [4.78, 5) is 27.1. The summed E-state index contributed by atoms with van der Waals surface area (Å²) in [5, 5.41) is 6.36. The van der Waals surface area contributed by atoms with Crippen LogP contribution < -0.4 is 20.1 Å². The van der Waals surface area contributed by atoms with Gasteiger partial charge < -0.3 is 25.0 Å². The maximum atomic E-state index is 12.8. The first-order valence-electron chi connectivity index (χ1n) is 9.36. The Morgan fingerprint density at radius 1 is 1.03 bits per heavy atom. The van der Waals surface area contributed by atoms with Gasteiger partial charge in [-0.25, -0.2) is 0 Å². The fraction of sp³-hybridized carbons (Fsp3) is 0.333. The van der Waals surface area contributed by atoms with E-state index in [0.717, 1.165) is 19.5 Å². The van der Waals surface area contributed by atoms with Crippen molar-refractivity contribution in [2.24, 2.45) is 0 Å². The maximum Gasteiger partial charge on any atom is 0.255 e. The van der Waals surface area contributed by atoms with Crippen molar-refractivity contribution in [2.45, 2.75) is 6.42 Å². The molecule has 0 radical (unpaired) electrons. The van der Waals surface area contributed by atoms with E-state index in [4.69, 9.17) is 21.1 Å². The summed E-state index contributed by atoms with van der Waals surface area (Å²) in [6.07, 6.45) is 0.906. The van der Waals surface area contributed by atoms with Crippen LogP contribution in [-0.2, 0) is 0 Å². The monoisotopic (exact) mass is 417 g/mol. The van der Waals surface area contributed by atoms with Gasteiger partial charge in [-0.1, -0.05) is 11.6 Å². The van der Waals surface area contributed by atoms with Gasteiger partial charge in [0.05, 0.1) is 24.8 Å². The molecule has 154 valence electrons. The van der Waals surface area contributed by atoms with Crippen LogP contribution >= 0.6 is 11.6 Å². The van der Waals surface area contributed by atoms with E-state index in [1.807, 2.05) is 0 Å². The predicted octanol–water partition coefficient (Wildman–Crippen LogP) is 3.05. The van der Waals surface area contributed by atoms with E-state index in [1.54, 1.807) is 41.3 Å². The van der Waals surface area contributed by atoms with Crippen molar-refractivity contribution < 1.29 is 19.1 Å². The molecule has 7 nitrogen and oxygen atoms in total. The number of methoxy groups -OCH3 is 2. The Labute approximate surface area is 174 Å². The SMILES string of the molecule is COc1ccc(C(=O)Nc2ccc(C(=O)N3CCCNCC3)c(Cl)c2)cc1OC. The number of halogens is 1. The first-order valence-corrected chi connectivity index (χ1v) is 9.74. The van der Waals surface area contributed by atoms with Gasteiger partial charge in [0, 0.05) is 30.9 Å². The van der Waals surface area contributed by atoms with Crippen LogP contribution in [0, 0.1) is 0 Å². The molecule has 2 amide bonds. The second kappa shape index (κ2) is 9.62. The van der Waals surface area contributed by atoms with Gasteiger partial charge in [0.2, 0.25) is 0 Å². The number of rotatable bonds is 5. The predicted molar refractivity (Wildman–Crippen MR) is 112 cm³/mol. The maximum absolute atomic E-state index is 12.8. The van der Waals surface area contributed by atoms with Crippen molar-refractivity contribution in [3.8, 4) is 11.5 Å². The van der Waals surface area contributed by atoms with E-state index in [1.165, 1.54) is 14.2 Å². The third kappa shape index (κ3) is 4.99. The molecule has 0 unspecified atom stereocenters. The number of nitrogens with zero attached hydrogens (tertiary/aromatic N) is 1. The van der Waals surface area contributed by atoms with Crippen LogP contribution in [0.3, 0.4) is 0 Å². The molecule has 8 heteroatoms. The van der Waals surface area contributed by atoms with Crippen molar-refractivity contribution in [3.63, 3.8) is 0 Å². The summed E-state index contributed by atoms with van der Waals surface area (Å²) in [5.74, 6) is 0.584. The minimum absolute atomic E-state index is 0.100. The van der Waals surface area contributed by atoms with Crippen molar-refractivity contribution in [1.29, 1.82) is 0 Å². The van der Waals surface area contributed by atoms with Crippen LogP contribution in [0.15, 0.2) is 36.4 Å². The lowest BCUT2D eigenvalue weighted by Crippen LogP contribution is -2.34. The first-order chi connectivity index (χ1) is 14.0. The Morgan fingerprint density at radius 3 is 2.55 bits per heavy atom. The highest BCUT2D eigenvalue weighted by molar-refractivity contribution is 6.34. The molecule has 1 aliphatic heterocycles. The first kappa shape index (κ1) is 21.0. The summed E-state index contributed by atoms with van der Waals surface area (Å²) in [5.41, 5.74) is 1.34. The summed E-state index contributed by atoms with van der Waals surface area (Å²) in [6, 6.07) is 9.81. The zero-order valence-corrected chi connectivity index (χ0v) is 17.2. The highest BCUT2D eigenvalue weighted by atomic mass is 35.5. The van der Waals surface area contributed by atoms with Gasteiger partial charge in [0.25, 0.3) is 11.8 Å². The summed E-state index contributed by atoms with van der Waals surface area (Å²) >= 11 is 6.35. The average Bonchev–Trinajstić information content (AvgIpc) is 3.02. The highest BCUT2D eigenvalue weighted by Gasteiger charge is 2.20. The third-order valence-electron chi connectivity index (χ3n) is 4.73. The van der Waals surface area contributed by atoms with Crippen LogP contribution in [0.4, 0.5) is 5.69 Å². The number of benzene rings is 2. The standard InChI is InChI=1S/C21H24ClN3O4/c1-28-18-7-4-14(12-19(18)29-2)20(26)24-15-5-6-16(17(22)13-15)21(27)25-10-3-8-23-9-11-25/h4-7,12-13,23H,3,8-11H2,1-2H3,(H,24,26). The normalized spacial score (nSPS) is 14.1. The van der Waals surface area contributed by atoms with Crippen LogP contribution in [0.1, 0.15) is 27.1 Å². The van der Waals surface area contributed by atoms with Crippen LogP contribution in [0.25, 0.3) is 0 Å². The lowest BCUT2D eigenvalue weighted by molar-refractivity contribution is 0.0766. The Kier molecular flexibility index (Phi) is 6.95. The molecule has 2 aromatic rings. The van der Waals surface area contributed by atoms with E-state index in [0.29, 0.717) is 46.4 Å². The van der Waals surface area contributed by atoms with Crippen LogP contribution in [0.5, 0.6) is 11.5 Å². The Bertz CT molecular complexity index is 895. The zero-order chi connectivity index (χ0) is 20.8. The topological polar surface area (TPSA) is 79.9 Å². The summed E-state index contributed by atoms with van der Waals surface area (Å²) < 4.78 is 10.4. The molecule has 1 saturated heterocycles. The smallest absolute Gasteiger partial charge is 0.255 e. The number of carbonyl (C=O) groups excluding carboxylic acids is 2. The Morgan fingerprint density at radius 2 is 1.83 bits per heavy atom. The molecule has 29 heavy (non-hydrogen) atoms. The highest BCUT2D eigenvalue weighted by Crippen LogP contribution is 2.28. The quantitative estimate of drug-likeness (QED) is 0.781. The summed E-state index contributed by atoms with van der Waals surface area (Å²) in [7, 11) is 3.04. The number of ether oxygens (including phenoxy) is 2. The van der Waals surface area contributed by atoms with Gasteiger partial charge in [0.1, 0.15) is 0 Å². The Hall–Kier alpha value is -2.77. The van der Waals surface area contributed by atoms with E-state index in [9.17, 15) is 9.59 Å². The van der Waals surface area contributed by atoms with Crippen molar-refractivity contribution in [3.05, 3.63) is 52.5 Å². The fourth-order valence-electron chi connectivity index (χ4n) is 3.17. The van der Waals surface area contributed by atoms with Crippen LogP contribution in [-0.4, -0.2) is 57.1 Å². The van der Waals surface area contributed by atoms with E-state index >= 15 is 0 Å². The number of nitrogens with one attached hydrogen (secondary N) is 2. The molecule has 0 aromatic heterocycles. The van der Waals surface area contributed by atoms with Crippen LogP contribution in [0.2, 0.25) is 5.02 Å². The third-order valence-corrected chi connectivity index (χ3v) is 5.04. The van der Waals surface area contributed by atoms with Crippen molar-refractivity contribution in [1.82, 2.24) is 10.2 Å². The summed E-state index contributed by atoms with van der Waals surface area (Å²) in [6.45, 7) is 3.01. The number of hydrogen-bond donors (Lipinski definition) is 2. The molecule has 0 saturated carbocycles. The van der Waals surface area contributed by atoms with Gasteiger partial charge in [-0.3, -0.25) is 9.59 Å². The van der Waals surface area contributed by atoms with Gasteiger partial charge in [-0.15, -0.1) is 0 Å². The number of carbonyl (C=O) groups is 2. The molecule has 0 aliphatic carbocycles. The molecule has 0 bridgehead atoms. The second-order valence-corrected chi connectivity index (χ2v) is 7.02. The largest absolute Gasteiger partial charge is 0.493 e. The van der Waals surface area contributed by atoms with Gasteiger partial charge in [0.15, 0.2) is 11.5 Å². The van der Waals surface area contributed by atoms with Crippen molar-refractivity contribution >= 4 is 29.1 Å². The second-order valence-electron chi connectivity index (χ2n) is 6.61. The average molecular weight is 418 g/mol. The molecule has 3 rings (SSSR count). The molecule has 1 fully saturated rings. The lowest BCUT2D eigenvalue weighted by Gasteiger charge is -2.20. The Balaban J connectivity index is 1.73. The lowest BCUT2D eigenvalue weighted by atomic mass is 10.1. The van der Waals surface area contributed by atoms with E-state index in [2.05, 4.69) is 10.6 Å². The molecule has 0 spiro atoms. The van der Waals surface area contributed by atoms with Gasteiger partial charge >= 0.3 is 0 Å². The minimum atomic E-state index is -0.320. The zero-order valence-electron chi connectivity index (χ0n) is 16.5. The number of hydrogen-bond acceptors (Lipinski definition) is 5. The molecule has 1 aliphatic rings. The number of amides is 2. The molecule has 2 aromatic carbocycles. The van der Waals surface area contributed by atoms with E-state index < -0.39 is 0 Å². The molecule has 0 atom stereocenters. The molecular weight excluding hydrogens is 394 g/mol. The molecular formula is C21H24ClN3O4. The molecule has 2 N–H and O–H groups in total.